The lowest BCUT2D eigenvalue weighted by molar-refractivity contribution is 0.167. The van der Waals surface area contributed by atoms with E-state index < -0.39 is 0 Å². The van der Waals surface area contributed by atoms with Gasteiger partial charge in [0.2, 0.25) is 0 Å². The fourth-order valence-electron chi connectivity index (χ4n) is 3.90. The smallest absolute Gasteiger partial charge is 0.191 e. The molecule has 146 valence electrons. The molecule has 2 N–H and O–H groups in total. The highest BCUT2D eigenvalue weighted by atomic mass is 15.2. The number of nitrogens with one attached hydrogen (secondary N) is 2. The summed E-state index contributed by atoms with van der Waals surface area (Å²) in [5.74, 6) is 1.91. The maximum atomic E-state index is 4.40. The minimum atomic E-state index is 0.566. The Labute approximate surface area is 155 Å². The molecule has 2 aliphatic rings. The van der Waals surface area contributed by atoms with Crippen LogP contribution in [0.5, 0.6) is 0 Å². The second-order valence-corrected chi connectivity index (χ2v) is 8.28. The lowest BCUT2D eigenvalue weighted by Gasteiger charge is -2.35. The zero-order valence-electron chi connectivity index (χ0n) is 17.1. The van der Waals surface area contributed by atoms with E-state index in [1.807, 2.05) is 7.05 Å². The van der Waals surface area contributed by atoms with Gasteiger partial charge in [0.05, 0.1) is 0 Å². The normalized spacial score (nSPS) is 22.5. The van der Waals surface area contributed by atoms with Crippen molar-refractivity contribution < 1.29 is 0 Å². The number of likely N-dealkylation sites (tertiary alicyclic amines) is 2. The molecule has 0 aromatic rings. The fourth-order valence-corrected chi connectivity index (χ4v) is 3.90. The first-order chi connectivity index (χ1) is 12.1. The van der Waals surface area contributed by atoms with Crippen LogP contribution in [0.1, 0.15) is 59.3 Å². The van der Waals surface area contributed by atoms with Gasteiger partial charge in [-0.05, 0) is 77.9 Å². The number of aliphatic imine (C=N–C) groups is 1. The standard InChI is InChI=1S/C20H41N5/c1-17(2)25-15-9-19(10-16-25)23-20(21-4)22-11-5-6-12-24-13-7-18(3)8-14-24/h17-19H,5-16H2,1-4H3,(H2,21,22,23). The SMILES string of the molecule is CN=C(NCCCCN1CCC(C)CC1)NC1CCN(C(C)C)CC1. The van der Waals surface area contributed by atoms with Crippen molar-refractivity contribution in [2.75, 3.05) is 46.3 Å². The molecular formula is C20H41N5. The third kappa shape index (κ3) is 7.53. The summed E-state index contributed by atoms with van der Waals surface area (Å²) in [7, 11) is 1.88. The van der Waals surface area contributed by atoms with Crippen LogP contribution in [-0.2, 0) is 0 Å². The molecule has 25 heavy (non-hydrogen) atoms. The zero-order valence-corrected chi connectivity index (χ0v) is 17.1. The number of hydrogen-bond donors (Lipinski definition) is 2. The van der Waals surface area contributed by atoms with Gasteiger partial charge in [0.1, 0.15) is 0 Å². The molecule has 0 aromatic heterocycles. The van der Waals surface area contributed by atoms with Crippen molar-refractivity contribution in [3.8, 4) is 0 Å². The largest absolute Gasteiger partial charge is 0.356 e. The van der Waals surface area contributed by atoms with Gasteiger partial charge in [-0.1, -0.05) is 6.92 Å². The van der Waals surface area contributed by atoms with Crippen LogP contribution < -0.4 is 10.6 Å². The maximum Gasteiger partial charge on any atom is 0.191 e. The highest BCUT2D eigenvalue weighted by Crippen LogP contribution is 2.16. The molecule has 2 rings (SSSR count). The van der Waals surface area contributed by atoms with Crippen molar-refractivity contribution in [3.63, 3.8) is 0 Å². The van der Waals surface area contributed by atoms with E-state index in [-0.39, 0.29) is 0 Å². The minimum Gasteiger partial charge on any atom is -0.356 e. The monoisotopic (exact) mass is 351 g/mol. The third-order valence-electron chi connectivity index (χ3n) is 5.89. The van der Waals surface area contributed by atoms with E-state index in [1.54, 1.807) is 0 Å². The number of piperidine rings is 2. The van der Waals surface area contributed by atoms with Crippen LogP contribution in [-0.4, -0.2) is 74.2 Å². The molecule has 0 unspecified atom stereocenters. The van der Waals surface area contributed by atoms with Gasteiger partial charge in [0, 0.05) is 38.8 Å². The Balaban J connectivity index is 1.53. The molecule has 0 spiro atoms. The molecule has 0 atom stereocenters. The van der Waals surface area contributed by atoms with Crippen LogP contribution in [0.15, 0.2) is 4.99 Å². The maximum absolute atomic E-state index is 4.40. The number of rotatable bonds is 7. The molecule has 2 heterocycles. The van der Waals surface area contributed by atoms with Crippen LogP contribution in [0.25, 0.3) is 0 Å². The second kappa shape index (κ2) is 11.0. The molecule has 0 radical (unpaired) electrons. The predicted molar refractivity (Wildman–Crippen MR) is 108 cm³/mol. The molecule has 0 bridgehead atoms. The van der Waals surface area contributed by atoms with Crippen molar-refractivity contribution in [2.24, 2.45) is 10.9 Å². The summed E-state index contributed by atoms with van der Waals surface area (Å²) in [5.41, 5.74) is 0. The Morgan fingerprint density at radius 1 is 1.04 bits per heavy atom. The van der Waals surface area contributed by atoms with E-state index in [4.69, 9.17) is 0 Å². The van der Waals surface area contributed by atoms with Gasteiger partial charge in [-0.3, -0.25) is 4.99 Å². The van der Waals surface area contributed by atoms with Crippen molar-refractivity contribution >= 4 is 5.96 Å². The first-order valence-corrected chi connectivity index (χ1v) is 10.5. The number of guanidine groups is 1. The molecule has 0 aromatic carbocycles. The Bertz CT molecular complexity index is 380. The summed E-state index contributed by atoms with van der Waals surface area (Å²) in [6.45, 7) is 14.2. The summed E-state index contributed by atoms with van der Waals surface area (Å²) >= 11 is 0. The summed E-state index contributed by atoms with van der Waals surface area (Å²) in [6, 6.07) is 1.23. The highest BCUT2D eigenvalue weighted by Gasteiger charge is 2.21. The lowest BCUT2D eigenvalue weighted by Crippen LogP contribution is -2.50. The Hall–Kier alpha value is -0.810. The molecule has 2 fully saturated rings. The topological polar surface area (TPSA) is 42.9 Å². The van der Waals surface area contributed by atoms with Gasteiger partial charge in [-0.15, -0.1) is 0 Å². The average Bonchev–Trinajstić information content (AvgIpc) is 2.62. The lowest BCUT2D eigenvalue weighted by atomic mass is 9.99. The highest BCUT2D eigenvalue weighted by molar-refractivity contribution is 5.79. The molecular weight excluding hydrogens is 310 g/mol. The third-order valence-corrected chi connectivity index (χ3v) is 5.89. The van der Waals surface area contributed by atoms with Gasteiger partial charge < -0.3 is 20.4 Å². The molecule has 0 amide bonds. The van der Waals surface area contributed by atoms with E-state index in [0.29, 0.717) is 12.1 Å². The van der Waals surface area contributed by atoms with Crippen LogP contribution in [0.3, 0.4) is 0 Å². The molecule has 5 nitrogen and oxygen atoms in total. The van der Waals surface area contributed by atoms with Crippen LogP contribution in [0.4, 0.5) is 0 Å². The Morgan fingerprint density at radius 2 is 1.72 bits per heavy atom. The summed E-state index contributed by atoms with van der Waals surface area (Å²) in [6.07, 6.45) is 7.69. The molecule has 2 aliphatic heterocycles. The molecule has 0 aliphatic carbocycles. The van der Waals surface area contributed by atoms with Gasteiger partial charge in [0.15, 0.2) is 5.96 Å². The quantitative estimate of drug-likeness (QED) is 0.420. The van der Waals surface area contributed by atoms with Gasteiger partial charge >= 0.3 is 0 Å². The second-order valence-electron chi connectivity index (χ2n) is 8.28. The average molecular weight is 352 g/mol. The van der Waals surface area contributed by atoms with Crippen LogP contribution in [0.2, 0.25) is 0 Å². The van der Waals surface area contributed by atoms with Gasteiger partial charge in [0.25, 0.3) is 0 Å². The number of unbranched alkanes of at least 4 members (excludes halogenated alkanes) is 1. The van der Waals surface area contributed by atoms with E-state index in [9.17, 15) is 0 Å². The van der Waals surface area contributed by atoms with Crippen LogP contribution >= 0.6 is 0 Å². The number of hydrogen-bond acceptors (Lipinski definition) is 3. The Morgan fingerprint density at radius 3 is 2.32 bits per heavy atom. The van der Waals surface area contributed by atoms with Crippen LogP contribution in [0, 0.1) is 5.92 Å². The molecule has 0 saturated carbocycles. The van der Waals surface area contributed by atoms with Gasteiger partial charge in [-0.25, -0.2) is 0 Å². The van der Waals surface area contributed by atoms with Crippen molar-refractivity contribution in [1.29, 1.82) is 0 Å². The number of nitrogens with zero attached hydrogens (tertiary/aromatic N) is 3. The Kier molecular flexibility index (Phi) is 9.04. The van der Waals surface area contributed by atoms with Crippen molar-refractivity contribution in [1.82, 2.24) is 20.4 Å². The summed E-state index contributed by atoms with van der Waals surface area (Å²) in [4.78, 5) is 9.60. The summed E-state index contributed by atoms with van der Waals surface area (Å²) < 4.78 is 0. The van der Waals surface area contributed by atoms with Crippen molar-refractivity contribution in [2.45, 2.75) is 71.4 Å². The van der Waals surface area contributed by atoms with E-state index in [0.717, 1.165) is 18.4 Å². The zero-order chi connectivity index (χ0) is 18.1. The van der Waals surface area contributed by atoms with E-state index in [1.165, 1.54) is 71.2 Å². The first-order valence-electron chi connectivity index (χ1n) is 10.5. The minimum absolute atomic E-state index is 0.566. The molecule has 5 heteroatoms. The van der Waals surface area contributed by atoms with E-state index >= 15 is 0 Å². The first kappa shape index (κ1) is 20.5. The van der Waals surface area contributed by atoms with Crippen molar-refractivity contribution in [3.05, 3.63) is 0 Å². The molecule has 2 saturated heterocycles. The van der Waals surface area contributed by atoms with Gasteiger partial charge in [-0.2, -0.15) is 0 Å². The predicted octanol–water partition coefficient (Wildman–Crippen LogP) is 2.54. The van der Waals surface area contributed by atoms with E-state index in [2.05, 4.69) is 46.2 Å². The summed E-state index contributed by atoms with van der Waals surface area (Å²) in [5, 5.41) is 7.11. The fraction of sp³-hybridized carbons (Fsp3) is 0.950.